The van der Waals surface area contributed by atoms with Gasteiger partial charge < -0.3 is 5.32 Å². The van der Waals surface area contributed by atoms with Gasteiger partial charge in [-0.25, -0.2) is 4.98 Å². The molecule has 0 atom stereocenters. The number of carbonyl (C=O) groups excluding carboxylic acids is 1. The van der Waals surface area contributed by atoms with Crippen LogP contribution in [-0.4, -0.2) is 34.9 Å². The van der Waals surface area contributed by atoms with E-state index in [1.807, 2.05) is 24.4 Å². The van der Waals surface area contributed by atoms with E-state index in [9.17, 15) is 4.79 Å². The maximum atomic E-state index is 12.1. The molecule has 2 heterocycles. The summed E-state index contributed by atoms with van der Waals surface area (Å²) >= 11 is 7.51. The lowest BCUT2D eigenvalue weighted by molar-refractivity contribution is -0.121. The molecule has 1 fully saturated rings. The highest BCUT2D eigenvalue weighted by Gasteiger charge is 2.21. The minimum absolute atomic E-state index is 0.0800. The van der Waals surface area contributed by atoms with E-state index < -0.39 is 0 Å². The van der Waals surface area contributed by atoms with Crippen molar-refractivity contribution in [3.05, 3.63) is 50.9 Å². The summed E-state index contributed by atoms with van der Waals surface area (Å²) in [6.45, 7) is 4.91. The zero-order chi connectivity index (χ0) is 16.9. The van der Waals surface area contributed by atoms with Crippen LogP contribution in [0.3, 0.4) is 0 Å². The molecule has 0 spiro atoms. The number of hydrogen-bond acceptors (Lipinski definition) is 4. The number of nitrogens with zero attached hydrogens (tertiary/aromatic N) is 2. The van der Waals surface area contributed by atoms with Crippen molar-refractivity contribution in [1.29, 1.82) is 0 Å². The molecule has 1 aliphatic rings. The first-order chi connectivity index (χ1) is 11.6. The summed E-state index contributed by atoms with van der Waals surface area (Å²) in [5, 5.41) is 6.89. The summed E-state index contributed by atoms with van der Waals surface area (Å²) in [6.07, 6.45) is 2.38. The molecule has 1 aliphatic heterocycles. The van der Waals surface area contributed by atoms with Gasteiger partial charge in [0, 0.05) is 36.1 Å². The highest BCUT2D eigenvalue weighted by molar-refractivity contribution is 7.09. The van der Waals surface area contributed by atoms with Gasteiger partial charge in [-0.2, -0.15) is 0 Å². The van der Waals surface area contributed by atoms with E-state index in [1.165, 1.54) is 5.56 Å². The summed E-state index contributed by atoms with van der Waals surface area (Å²) in [7, 11) is 0. The smallest absolute Gasteiger partial charge is 0.226 e. The van der Waals surface area contributed by atoms with Crippen LogP contribution in [0.15, 0.2) is 29.6 Å². The number of likely N-dealkylation sites (tertiary alicyclic amines) is 1. The molecule has 6 heteroatoms. The Morgan fingerprint density at radius 1 is 1.33 bits per heavy atom. The van der Waals surface area contributed by atoms with Gasteiger partial charge in [-0.05, 0) is 37.5 Å². The lowest BCUT2D eigenvalue weighted by Gasteiger charge is -2.32. The van der Waals surface area contributed by atoms with Crippen molar-refractivity contribution >= 4 is 28.8 Å². The monoisotopic (exact) mass is 363 g/mol. The third kappa shape index (κ3) is 5.03. The summed E-state index contributed by atoms with van der Waals surface area (Å²) in [4.78, 5) is 18.9. The average Bonchev–Trinajstić information content (AvgIpc) is 2.96. The number of aromatic nitrogens is 1. The minimum atomic E-state index is 0.0800. The summed E-state index contributed by atoms with van der Waals surface area (Å²) in [5.74, 6) is 0.0800. The Labute approximate surface area is 151 Å². The summed E-state index contributed by atoms with van der Waals surface area (Å²) in [5.41, 5.74) is 2.15. The second kappa shape index (κ2) is 8.10. The van der Waals surface area contributed by atoms with Gasteiger partial charge in [0.2, 0.25) is 5.91 Å². The molecule has 2 aromatic rings. The third-order valence-electron chi connectivity index (χ3n) is 4.28. The van der Waals surface area contributed by atoms with Gasteiger partial charge >= 0.3 is 0 Å². The fourth-order valence-corrected chi connectivity index (χ4v) is 3.75. The van der Waals surface area contributed by atoms with Crippen LogP contribution in [0.1, 0.15) is 29.1 Å². The molecule has 24 heavy (non-hydrogen) atoms. The molecule has 1 N–H and O–H groups in total. The van der Waals surface area contributed by atoms with Crippen molar-refractivity contribution in [1.82, 2.24) is 15.2 Å². The van der Waals surface area contributed by atoms with Gasteiger partial charge in [-0.15, -0.1) is 11.3 Å². The van der Waals surface area contributed by atoms with Crippen LogP contribution in [0.5, 0.6) is 0 Å². The fraction of sp³-hybridized carbons (Fsp3) is 0.444. The van der Waals surface area contributed by atoms with Gasteiger partial charge in [0.15, 0.2) is 0 Å². The van der Waals surface area contributed by atoms with E-state index in [0.29, 0.717) is 6.42 Å². The van der Waals surface area contributed by atoms with Crippen LogP contribution in [0.25, 0.3) is 0 Å². The van der Waals surface area contributed by atoms with Crippen molar-refractivity contribution in [2.45, 2.75) is 38.8 Å². The van der Waals surface area contributed by atoms with Crippen LogP contribution >= 0.6 is 22.9 Å². The van der Waals surface area contributed by atoms with Crippen LogP contribution in [0, 0.1) is 6.92 Å². The fourth-order valence-electron chi connectivity index (χ4n) is 3.02. The van der Waals surface area contributed by atoms with Crippen LogP contribution in [0.2, 0.25) is 5.02 Å². The Balaban J connectivity index is 1.41. The summed E-state index contributed by atoms with van der Waals surface area (Å²) in [6, 6.07) is 8.30. The van der Waals surface area contributed by atoms with Crippen LogP contribution in [-0.2, 0) is 17.8 Å². The highest BCUT2D eigenvalue weighted by Crippen LogP contribution is 2.16. The minimum Gasteiger partial charge on any atom is -0.353 e. The van der Waals surface area contributed by atoms with Crippen molar-refractivity contribution in [3.63, 3.8) is 0 Å². The van der Waals surface area contributed by atoms with E-state index in [2.05, 4.69) is 27.3 Å². The number of benzene rings is 1. The molecule has 3 rings (SSSR count). The molecule has 1 amide bonds. The number of carbonyl (C=O) groups is 1. The molecule has 4 nitrogen and oxygen atoms in total. The SMILES string of the molecule is Cc1nc(CC(=O)NC2CCN(Cc3ccc(Cl)cc3)CC2)cs1. The Morgan fingerprint density at radius 3 is 2.67 bits per heavy atom. The largest absolute Gasteiger partial charge is 0.353 e. The molecule has 0 bridgehead atoms. The number of hydrogen-bond donors (Lipinski definition) is 1. The normalized spacial score (nSPS) is 16.2. The van der Waals surface area contributed by atoms with Crippen LogP contribution in [0.4, 0.5) is 0 Å². The predicted molar refractivity (Wildman–Crippen MR) is 98.4 cm³/mol. The lowest BCUT2D eigenvalue weighted by Crippen LogP contribution is -2.44. The first-order valence-corrected chi connectivity index (χ1v) is 9.51. The van der Waals surface area contributed by atoms with E-state index in [-0.39, 0.29) is 11.9 Å². The summed E-state index contributed by atoms with van der Waals surface area (Å²) < 4.78 is 0. The number of aryl methyl sites for hydroxylation is 1. The quantitative estimate of drug-likeness (QED) is 0.885. The van der Waals surface area contributed by atoms with Crippen molar-refractivity contribution in [2.75, 3.05) is 13.1 Å². The van der Waals surface area contributed by atoms with Crippen molar-refractivity contribution in [3.8, 4) is 0 Å². The topological polar surface area (TPSA) is 45.2 Å². The maximum absolute atomic E-state index is 12.1. The molecule has 0 saturated carbocycles. The number of amides is 1. The second-order valence-electron chi connectivity index (χ2n) is 6.28. The highest BCUT2D eigenvalue weighted by atomic mass is 35.5. The first-order valence-electron chi connectivity index (χ1n) is 8.25. The van der Waals surface area contributed by atoms with E-state index in [4.69, 9.17) is 11.6 Å². The van der Waals surface area contributed by atoms with Gasteiger partial charge in [0.25, 0.3) is 0 Å². The molecule has 1 saturated heterocycles. The number of nitrogens with one attached hydrogen (secondary N) is 1. The van der Waals surface area contributed by atoms with Crippen molar-refractivity contribution < 1.29 is 4.79 Å². The predicted octanol–water partition coefficient (Wildman–Crippen LogP) is 3.43. The van der Waals surface area contributed by atoms with Gasteiger partial charge in [0.05, 0.1) is 17.1 Å². The number of thiazole rings is 1. The Hall–Kier alpha value is -1.43. The Morgan fingerprint density at radius 2 is 2.04 bits per heavy atom. The second-order valence-corrected chi connectivity index (χ2v) is 7.78. The Bertz CT molecular complexity index is 678. The zero-order valence-electron chi connectivity index (χ0n) is 13.8. The van der Waals surface area contributed by atoms with Gasteiger partial charge in [-0.1, -0.05) is 23.7 Å². The molecule has 128 valence electrons. The van der Waals surface area contributed by atoms with Crippen LogP contribution < -0.4 is 5.32 Å². The van der Waals surface area contributed by atoms with Gasteiger partial charge in [0.1, 0.15) is 0 Å². The molecular weight excluding hydrogens is 342 g/mol. The number of rotatable bonds is 5. The molecule has 0 unspecified atom stereocenters. The molecular formula is C18H22ClN3OS. The molecule has 1 aromatic heterocycles. The number of halogens is 1. The zero-order valence-corrected chi connectivity index (χ0v) is 15.4. The van der Waals surface area contributed by atoms with Gasteiger partial charge in [-0.3, -0.25) is 9.69 Å². The lowest BCUT2D eigenvalue weighted by atomic mass is 10.0. The Kier molecular flexibility index (Phi) is 5.87. The van der Waals surface area contributed by atoms with E-state index >= 15 is 0 Å². The number of piperidine rings is 1. The first kappa shape index (κ1) is 17.4. The third-order valence-corrected chi connectivity index (χ3v) is 5.35. The average molecular weight is 364 g/mol. The maximum Gasteiger partial charge on any atom is 0.226 e. The van der Waals surface area contributed by atoms with E-state index in [1.54, 1.807) is 11.3 Å². The molecule has 1 aromatic carbocycles. The standard InChI is InChI=1S/C18H22ClN3OS/c1-13-20-17(12-24-13)10-18(23)21-16-6-8-22(9-7-16)11-14-2-4-15(19)5-3-14/h2-5,12,16H,6-11H2,1H3,(H,21,23). The molecule has 0 aliphatic carbocycles. The van der Waals surface area contributed by atoms with Crippen molar-refractivity contribution in [2.24, 2.45) is 0 Å². The molecule has 0 radical (unpaired) electrons. The van der Waals surface area contributed by atoms with E-state index in [0.717, 1.165) is 48.2 Å².